The van der Waals surface area contributed by atoms with Crippen LogP contribution in [0, 0.1) is 42.9 Å². The molecule has 0 aliphatic rings. The van der Waals surface area contributed by atoms with E-state index < -0.39 is 0 Å². The molecule has 0 unspecified atom stereocenters. The summed E-state index contributed by atoms with van der Waals surface area (Å²) in [6.45, 7) is 3.29. The first-order valence-corrected chi connectivity index (χ1v) is 2.56. The average molecular weight is 114 g/mol. The molecule has 0 heteroatoms. The van der Waals surface area contributed by atoms with Gasteiger partial charge in [0.15, 0.2) is 0 Å². The van der Waals surface area contributed by atoms with E-state index in [4.69, 9.17) is 6.42 Å². The van der Waals surface area contributed by atoms with Crippen molar-refractivity contribution >= 4 is 0 Å². The lowest BCUT2D eigenvalue weighted by Gasteiger charge is -1.72. The number of hydrogen-bond donors (Lipinski definition) is 0. The molecule has 0 aliphatic heterocycles. The zero-order valence-corrected chi connectivity index (χ0v) is 5.12. The standard InChI is InChI=1S/C9H6/c1-3-5-7-9-8-6-4-2/h1,6,8H2. The topological polar surface area (TPSA) is 0 Å². The second-order valence-electron chi connectivity index (χ2n) is 1.28. The van der Waals surface area contributed by atoms with Gasteiger partial charge in [-0.3, -0.25) is 0 Å². The molecule has 2 radical (unpaired) electrons. The van der Waals surface area contributed by atoms with Crippen LogP contribution < -0.4 is 0 Å². The highest BCUT2D eigenvalue weighted by Gasteiger charge is 1.69. The molecule has 0 spiro atoms. The smallest absolute Gasteiger partial charge is 0.0209 e. The zero-order chi connectivity index (χ0) is 6.95. The zero-order valence-electron chi connectivity index (χ0n) is 5.12. The van der Waals surface area contributed by atoms with Gasteiger partial charge in [0, 0.05) is 19.8 Å². The summed E-state index contributed by atoms with van der Waals surface area (Å²) >= 11 is 0. The van der Waals surface area contributed by atoms with Gasteiger partial charge in [-0.2, -0.15) is 0 Å². The van der Waals surface area contributed by atoms with E-state index in [1.54, 1.807) is 0 Å². The fourth-order valence-electron chi connectivity index (χ4n) is 0.276. The molecule has 9 heavy (non-hydrogen) atoms. The van der Waals surface area contributed by atoms with Crippen LogP contribution in [0.4, 0.5) is 0 Å². The predicted octanol–water partition coefficient (Wildman–Crippen LogP) is 1.20. The average Bonchev–Trinajstić information content (AvgIpc) is 1.89. The molecule has 0 saturated carbocycles. The van der Waals surface area contributed by atoms with Crippen LogP contribution in [0.5, 0.6) is 0 Å². The molecule has 0 fully saturated rings. The highest BCUT2D eigenvalue weighted by Crippen LogP contribution is 1.80. The van der Waals surface area contributed by atoms with Crippen molar-refractivity contribution in [2.24, 2.45) is 0 Å². The number of unbranched alkanes of at least 4 members (excludes halogenated alkanes) is 1. The van der Waals surface area contributed by atoms with Crippen molar-refractivity contribution in [3.63, 3.8) is 0 Å². The largest absolute Gasteiger partial charge is 0.0881 e. The Morgan fingerprint density at radius 3 is 2.56 bits per heavy atom. The first-order valence-electron chi connectivity index (χ1n) is 2.56. The van der Waals surface area contributed by atoms with Gasteiger partial charge in [0.25, 0.3) is 0 Å². The molecule has 0 aromatic heterocycles. The third kappa shape index (κ3) is 6.68. The van der Waals surface area contributed by atoms with Crippen LogP contribution >= 0.6 is 0 Å². The summed E-state index contributed by atoms with van der Waals surface area (Å²) < 4.78 is 0. The van der Waals surface area contributed by atoms with E-state index >= 15 is 0 Å². The summed E-state index contributed by atoms with van der Waals surface area (Å²) in [7, 11) is 0. The van der Waals surface area contributed by atoms with Gasteiger partial charge in [-0.15, -0.1) is 0 Å². The van der Waals surface area contributed by atoms with Gasteiger partial charge in [0.05, 0.1) is 0 Å². The monoisotopic (exact) mass is 114 g/mol. The van der Waals surface area contributed by atoms with E-state index in [-0.39, 0.29) is 0 Å². The van der Waals surface area contributed by atoms with E-state index in [2.05, 4.69) is 36.5 Å². The molecule has 0 rings (SSSR count). The SMILES string of the molecule is [C]#CCCC#CC#C[CH2]. The van der Waals surface area contributed by atoms with E-state index in [1.807, 2.05) is 0 Å². The Balaban J connectivity index is 3.37. The molecular formula is C9H6. The Morgan fingerprint density at radius 1 is 1.22 bits per heavy atom. The highest BCUT2D eigenvalue weighted by atomic mass is 13.7. The van der Waals surface area contributed by atoms with Crippen molar-refractivity contribution in [1.82, 2.24) is 0 Å². The van der Waals surface area contributed by atoms with Crippen molar-refractivity contribution in [2.75, 3.05) is 0 Å². The molecular weight excluding hydrogens is 108 g/mol. The van der Waals surface area contributed by atoms with Crippen molar-refractivity contribution in [1.29, 1.82) is 0 Å². The van der Waals surface area contributed by atoms with Crippen molar-refractivity contribution in [2.45, 2.75) is 12.8 Å². The Bertz CT molecular complexity index is 206. The molecule has 0 aliphatic carbocycles. The Labute approximate surface area is 56.7 Å². The first kappa shape index (κ1) is 7.68. The molecule has 0 aromatic carbocycles. The summed E-state index contributed by atoms with van der Waals surface area (Å²) in [6, 6.07) is 0. The number of hydrogen-bond acceptors (Lipinski definition) is 0. The highest BCUT2D eigenvalue weighted by molar-refractivity contribution is 5.26. The van der Waals surface area contributed by atoms with Crippen LogP contribution in [-0.4, -0.2) is 0 Å². The Hall–Kier alpha value is -1.32. The van der Waals surface area contributed by atoms with E-state index in [0.717, 1.165) is 0 Å². The maximum Gasteiger partial charge on any atom is 0.0209 e. The van der Waals surface area contributed by atoms with Gasteiger partial charge in [0.1, 0.15) is 0 Å². The molecule has 42 valence electrons. The van der Waals surface area contributed by atoms with Gasteiger partial charge < -0.3 is 0 Å². The van der Waals surface area contributed by atoms with Gasteiger partial charge in [0.2, 0.25) is 0 Å². The molecule has 0 amide bonds. The van der Waals surface area contributed by atoms with Crippen LogP contribution in [0.25, 0.3) is 0 Å². The van der Waals surface area contributed by atoms with Crippen LogP contribution in [0.3, 0.4) is 0 Å². The first-order chi connectivity index (χ1) is 4.41. The second-order valence-corrected chi connectivity index (χ2v) is 1.28. The molecule has 0 N–H and O–H groups in total. The van der Waals surface area contributed by atoms with Crippen LogP contribution in [0.1, 0.15) is 12.8 Å². The van der Waals surface area contributed by atoms with Crippen molar-refractivity contribution < 1.29 is 0 Å². The molecule has 0 bridgehead atoms. The molecule has 0 aromatic rings. The summed E-state index contributed by atoms with van der Waals surface area (Å²) in [5, 5.41) is 0. The molecule has 0 saturated heterocycles. The van der Waals surface area contributed by atoms with Crippen molar-refractivity contribution in [3.8, 4) is 29.6 Å². The molecule has 0 atom stereocenters. The summed E-state index contributed by atoms with van der Waals surface area (Å²) in [6.07, 6.45) is 7.77. The maximum absolute atomic E-state index is 6.52. The number of rotatable bonds is 1. The summed E-state index contributed by atoms with van der Waals surface area (Å²) in [5.41, 5.74) is 0. The van der Waals surface area contributed by atoms with Gasteiger partial charge in [-0.05, 0) is 18.3 Å². The van der Waals surface area contributed by atoms with E-state index in [9.17, 15) is 0 Å². The van der Waals surface area contributed by atoms with Crippen molar-refractivity contribution in [3.05, 3.63) is 13.3 Å². The fraction of sp³-hybridized carbons (Fsp3) is 0.222. The van der Waals surface area contributed by atoms with Crippen LogP contribution in [0.15, 0.2) is 0 Å². The van der Waals surface area contributed by atoms with Gasteiger partial charge in [-0.25, -0.2) is 0 Å². The second kappa shape index (κ2) is 6.68. The van der Waals surface area contributed by atoms with Gasteiger partial charge >= 0.3 is 0 Å². The third-order valence-electron chi connectivity index (χ3n) is 0.614. The van der Waals surface area contributed by atoms with Crippen LogP contribution in [-0.2, 0) is 0 Å². The minimum absolute atomic E-state index is 0.589. The van der Waals surface area contributed by atoms with Gasteiger partial charge in [-0.1, -0.05) is 17.8 Å². The molecule has 0 heterocycles. The normalized spacial score (nSPS) is 5.33. The minimum Gasteiger partial charge on any atom is -0.0881 e. The lowest BCUT2D eigenvalue weighted by atomic mass is 10.3. The maximum atomic E-state index is 6.52. The fourth-order valence-corrected chi connectivity index (χ4v) is 0.276. The lowest BCUT2D eigenvalue weighted by Crippen LogP contribution is -1.62. The van der Waals surface area contributed by atoms with E-state index in [0.29, 0.717) is 12.8 Å². The summed E-state index contributed by atoms with van der Waals surface area (Å²) in [5.74, 6) is 12.4. The Kier molecular flexibility index (Phi) is 5.70. The quantitative estimate of drug-likeness (QED) is 0.355. The lowest BCUT2D eigenvalue weighted by molar-refractivity contribution is 1.12. The van der Waals surface area contributed by atoms with E-state index in [1.165, 1.54) is 0 Å². The van der Waals surface area contributed by atoms with Crippen LogP contribution in [0.2, 0.25) is 0 Å². The predicted molar refractivity (Wildman–Crippen MR) is 37.3 cm³/mol. The molecule has 0 nitrogen and oxygen atoms in total. The Morgan fingerprint density at radius 2 is 2.00 bits per heavy atom. The minimum atomic E-state index is 0.589. The third-order valence-corrected chi connectivity index (χ3v) is 0.614. The summed E-state index contributed by atoms with van der Waals surface area (Å²) in [4.78, 5) is 0.